The Morgan fingerprint density at radius 1 is 0.900 bits per heavy atom. The highest BCUT2D eigenvalue weighted by molar-refractivity contribution is 5.94. The van der Waals surface area contributed by atoms with Crippen molar-refractivity contribution in [1.29, 1.82) is 0 Å². The van der Waals surface area contributed by atoms with Crippen LogP contribution in [-0.2, 0) is 0 Å². The number of hydrogen-bond acceptors (Lipinski definition) is 3. The van der Waals surface area contributed by atoms with Gasteiger partial charge in [-0.25, -0.2) is 22.6 Å². The van der Waals surface area contributed by atoms with E-state index in [-0.39, 0.29) is 22.9 Å². The Kier molecular flexibility index (Phi) is 5.03. The monoisotopic (exact) mass is 412 g/mol. The number of ether oxygens (including phenoxy) is 1. The van der Waals surface area contributed by atoms with Crippen LogP contribution < -0.4 is 9.64 Å². The third-order valence-electron chi connectivity index (χ3n) is 4.75. The van der Waals surface area contributed by atoms with Crippen molar-refractivity contribution in [1.82, 2.24) is 0 Å². The molecule has 4 rings (SSSR count). The molecule has 0 amide bonds. The zero-order valence-corrected chi connectivity index (χ0v) is 16.1. The van der Waals surface area contributed by atoms with Crippen molar-refractivity contribution in [2.24, 2.45) is 4.99 Å². The van der Waals surface area contributed by atoms with Crippen molar-refractivity contribution in [3.05, 3.63) is 89.6 Å². The largest absolute Gasteiger partial charge is 0.436 e. The van der Waals surface area contributed by atoms with Crippen LogP contribution in [0.2, 0.25) is 0 Å². The van der Waals surface area contributed by atoms with Crippen LogP contribution in [0.5, 0.6) is 5.75 Å². The van der Waals surface area contributed by atoms with Gasteiger partial charge in [-0.15, -0.1) is 0 Å². The van der Waals surface area contributed by atoms with E-state index in [1.54, 1.807) is 12.1 Å². The molecule has 0 fully saturated rings. The number of anilines is 2. The van der Waals surface area contributed by atoms with Crippen molar-refractivity contribution in [3.63, 3.8) is 0 Å². The molecule has 0 bridgehead atoms. The van der Waals surface area contributed by atoms with Crippen molar-refractivity contribution in [2.75, 3.05) is 11.9 Å². The Hall–Kier alpha value is -3.61. The Balaban J connectivity index is 1.80. The molecule has 3 aromatic rings. The summed E-state index contributed by atoms with van der Waals surface area (Å²) in [4.78, 5) is 4.86. The van der Waals surface area contributed by atoms with Crippen molar-refractivity contribution in [3.8, 4) is 16.9 Å². The molecule has 0 unspecified atom stereocenters. The minimum absolute atomic E-state index is 0.0647. The fourth-order valence-corrected chi connectivity index (χ4v) is 3.17. The SMILES string of the molecule is Cc1cc(-c2cccc(F)c2)cc(N(C)c2c(F)ccc(OC3=NC=C3)c2F)c1F. The fraction of sp³-hybridized carbons (Fsp3) is 0.0870. The van der Waals surface area contributed by atoms with Crippen LogP contribution in [0.3, 0.4) is 0 Å². The Morgan fingerprint density at radius 3 is 2.33 bits per heavy atom. The van der Waals surface area contributed by atoms with Crippen LogP contribution >= 0.6 is 0 Å². The summed E-state index contributed by atoms with van der Waals surface area (Å²) in [6.45, 7) is 1.53. The minimum Gasteiger partial charge on any atom is -0.436 e. The number of aliphatic imine (C=N–C) groups is 1. The van der Waals surface area contributed by atoms with Gasteiger partial charge in [0.2, 0.25) is 5.90 Å². The molecule has 1 aliphatic rings. The molecule has 0 atom stereocenters. The van der Waals surface area contributed by atoms with E-state index in [1.165, 1.54) is 50.5 Å². The lowest BCUT2D eigenvalue weighted by molar-refractivity contribution is 0.483. The lowest BCUT2D eigenvalue weighted by Gasteiger charge is -2.24. The summed E-state index contributed by atoms with van der Waals surface area (Å²) in [7, 11) is 1.35. The Bertz CT molecular complexity index is 1200. The minimum atomic E-state index is -0.992. The first-order chi connectivity index (χ1) is 14.3. The maximum absolute atomic E-state index is 15.0. The van der Waals surface area contributed by atoms with Gasteiger partial charge < -0.3 is 9.64 Å². The molecule has 3 nitrogen and oxygen atoms in total. The van der Waals surface area contributed by atoms with Gasteiger partial charge in [0.05, 0.1) is 5.69 Å². The molecule has 0 spiro atoms. The Morgan fingerprint density at radius 2 is 1.67 bits per heavy atom. The summed E-state index contributed by atoms with van der Waals surface area (Å²) < 4.78 is 63.4. The molecule has 7 heteroatoms. The average Bonchev–Trinajstić information content (AvgIpc) is 2.68. The maximum Gasteiger partial charge on any atom is 0.220 e. The number of benzene rings is 3. The molecule has 0 radical (unpaired) electrons. The van der Waals surface area contributed by atoms with E-state index in [0.29, 0.717) is 11.1 Å². The van der Waals surface area contributed by atoms with Gasteiger partial charge in [-0.2, -0.15) is 0 Å². The van der Waals surface area contributed by atoms with Crippen LogP contribution in [0, 0.1) is 30.2 Å². The topological polar surface area (TPSA) is 24.8 Å². The molecule has 0 N–H and O–H groups in total. The molecule has 30 heavy (non-hydrogen) atoms. The molecule has 1 aliphatic heterocycles. The van der Waals surface area contributed by atoms with Gasteiger partial charge in [0.15, 0.2) is 11.6 Å². The first kappa shape index (κ1) is 19.7. The summed E-state index contributed by atoms with van der Waals surface area (Å²) >= 11 is 0. The maximum atomic E-state index is 15.0. The van der Waals surface area contributed by atoms with E-state index in [4.69, 9.17) is 4.74 Å². The van der Waals surface area contributed by atoms with E-state index in [0.717, 1.165) is 17.0 Å². The smallest absolute Gasteiger partial charge is 0.220 e. The van der Waals surface area contributed by atoms with Gasteiger partial charge in [0, 0.05) is 19.3 Å². The fourth-order valence-electron chi connectivity index (χ4n) is 3.17. The predicted octanol–water partition coefficient (Wildman–Crippen LogP) is 6.29. The molecule has 0 aliphatic carbocycles. The third-order valence-corrected chi connectivity index (χ3v) is 4.75. The molecular formula is C23H16F4N2O. The average molecular weight is 412 g/mol. The number of hydrogen-bond donors (Lipinski definition) is 0. The Labute approximate surface area is 170 Å². The van der Waals surface area contributed by atoms with Gasteiger partial charge in [0.1, 0.15) is 23.1 Å². The van der Waals surface area contributed by atoms with E-state index >= 15 is 4.39 Å². The van der Waals surface area contributed by atoms with E-state index < -0.39 is 29.0 Å². The molecule has 1 heterocycles. The van der Waals surface area contributed by atoms with Gasteiger partial charge >= 0.3 is 0 Å². The molecule has 0 saturated heterocycles. The highest BCUT2D eigenvalue weighted by Gasteiger charge is 2.23. The predicted molar refractivity (Wildman–Crippen MR) is 108 cm³/mol. The second-order valence-electron chi connectivity index (χ2n) is 6.79. The van der Waals surface area contributed by atoms with Crippen molar-refractivity contribution in [2.45, 2.75) is 6.92 Å². The van der Waals surface area contributed by atoms with Crippen LogP contribution in [0.25, 0.3) is 11.1 Å². The lowest BCUT2D eigenvalue weighted by atomic mass is 10.0. The van der Waals surface area contributed by atoms with Crippen LogP contribution in [-0.4, -0.2) is 12.9 Å². The zero-order valence-electron chi connectivity index (χ0n) is 16.1. The number of nitrogens with zero attached hydrogens (tertiary/aromatic N) is 2. The van der Waals surface area contributed by atoms with Crippen LogP contribution in [0.15, 0.2) is 65.8 Å². The summed E-state index contributed by atoms with van der Waals surface area (Å²) in [5.41, 5.74) is 0.731. The number of rotatable bonds is 4. The highest BCUT2D eigenvalue weighted by atomic mass is 19.1. The summed E-state index contributed by atoms with van der Waals surface area (Å²) in [5.74, 6) is -3.02. The second-order valence-corrected chi connectivity index (χ2v) is 6.79. The summed E-state index contributed by atoms with van der Waals surface area (Å²) in [6, 6.07) is 10.9. The molecule has 3 aromatic carbocycles. The normalized spacial score (nSPS) is 12.4. The van der Waals surface area contributed by atoms with Gasteiger partial charge in [-0.3, -0.25) is 0 Å². The zero-order chi connectivity index (χ0) is 21.4. The summed E-state index contributed by atoms with van der Waals surface area (Å²) in [6.07, 6.45) is 3.00. The van der Waals surface area contributed by atoms with E-state index in [1.807, 2.05) is 0 Å². The molecule has 152 valence electrons. The molecule has 0 saturated carbocycles. The number of halogens is 4. The highest BCUT2D eigenvalue weighted by Crippen LogP contribution is 2.38. The molecular weight excluding hydrogens is 396 g/mol. The van der Waals surface area contributed by atoms with Crippen LogP contribution in [0.4, 0.5) is 28.9 Å². The lowest BCUT2D eigenvalue weighted by Crippen LogP contribution is -2.17. The summed E-state index contributed by atoms with van der Waals surface area (Å²) in [5, 5.41) is 0. The standard InChI is InChI=1S/C23H16F4N2O/c1-13-10-15(14-4-3-5-16(24)11-14)12-18(21(13)26)29(2)23-17(25)6-7-19(22(23)27)30-20-8-9-28-20/h3-12H,1-2H3. The first-order valence-electron chi connectivity index (χ1n) is 9.05. The van der Waals surface area contributed by atoms with E-state index in [9.17, 15) is 13.2 Å². The third kappa shape index (κ3) is 3.54. The van der Waals surface area contributed by atoms with Crippen molar-refractivity contribution < 1.29 is 22.3 Å². The van der Waals surface area contributed by atoms with Gasteiger partial charge in [-0.05, 0) is 60.0 Å². The van der Waals surface area contributed by atoms with Crippen molar-refractivity contribution >= 4 is 17.3 Å². The first-order valence-corrected chi connectivity index (χ1v) is 9.05. The molecule has 0 aromatic heterocycles. The quantitative estimate of drug-likeness (QED) is 0.471. The van der Waals surface area contributed by atoms with E-state index in [2.05, 4.69) is 4.99 Å². The van der Waals surface area contributed by atoms with Crippen LogP contribution in [0.1, 0.15) is 5.56 Å². The second kappa shape index (κ2) is 7.67. The number of aryl methyl sites for hydroxylation is 1. The van der Waals surface area contributed by atoms with Gasteiger partial charge in [-0.1, -0.05) is 12.1 Å². The van der Waals surface area contributed by atoms with Gasteiger partial charge in [0.25, 0.3) is 0 Å².